The van der Waals surface area contributed by atoms with Crippen molar-refractivity contribution in [1.82, 2.24) is 4.31 Å². The number of rotatable bonds is 2. The van der Waals surface area contributed by atoms with Gasteiger partial charge in [0.1, 0.15) is 5.82 Å². The quantitative estimate of drug-likeness (QED) is 0.718. The molecule has 0 saturated carbocycles. The molecule has 0 unspecified atom stereocenters. The minimum absolute atomic E-state index is 0.397. The Morgan fingerprint density at radius 2 is 2.20 bits per heavy atom. The first-order valence-corrected chi connectivity index (χ1v) is 5.43. The Kier molecular flexibility index (Phi) is 2.93. The molecule has 0 radical (unpaired) electrons. The van der Waals surface area contributed by atoms with Gasteiger partial charge in [-0.25, -0.2) is 17.5 Å². The van der Waals surface area contributed by atoms with Gasteiger partial charge in [-0.2, -0.15) is 0 Å². The highest BCUT2D eigenvalue weighted by Crippen LogP contribution is 2.41. The van der Waals surface area contributed by atoms with Gasteiger partial charge in [0.05, 0.1) is 5.56 Å². The molecule has 2 rings (SSSR count). The molecule has 0 N–H and O–H groups in total. The maximum Gasteiger partial charge on any atom is 0.267 e. The minimum atomic E-state index is -2.74. The lowest BCUT2D eigenvalue weighted by Gasteiger charge is -2.09. The lowest BCUT2D eigenvalue weighted by atomic mass is 10.1. The van der Waals surface area contributed by atoms with E-state index in [1.54, 1.807) is 6.07 Å². The average Bonchev–Trinajstić information content (AvgIpc) is 2.59. The van der Waals surface area contributed by atoms with Gasteiger partial charge in [-0.3, -0.25) is 0 Å². The van der Waals surface area contributed by atoms with Gasteiger partial charge in [0.25, 0.3) is 6.43 Å². The van der Waals surface area contributed by atoms with E-state index in [-0.39, 0.29) is 0 Å². The monoisotopic (exact) mass is 233 g/mol. The Bertz CT molecular complexity index is 381. The summed E-state index contributed by atoms with van der Waals surface area (Å²) in [5.41, 5.74) is 0.00722. The second-order valence-corrected chi connectivity index (χ2v) is 4.42. The topological polar surface area (TPSA) is 3.24 Å². The molecule has 1 nitrogen and oxygen atoms in total. The molecule has 1 aromatic carbocycles. The van der Waals surface area contributed by atoms with Crippen LogP contribution in [-0.4, -0.2) is 10.8 Å². The molecular weight excluding hydrogens is 223 g/mol. The molecule has 0 atom stereocenters. The highest BCUT2D eigenvalue weighted by molar-refractivity contribution is 7.97. The van der Waals surface area contributed by atoms with Crippen molar-refractivity contribution in [3.8, 4) is 0 Å². The summed E-state index contributed by atoms with van der Waals surface area (Å²) in [5.74, 6) is -0.803. The van der Waals surface area contributed by atoms with Crippen molar-refractivity contribution in [2.75, 3.05) is 6.54 Å². The molecule has 0 aromatic heterocycles. The predicted molar refractivity (Wildman–Crippen MR) is 53.3 cm³/mol. The molecule has 82 valence electrons. The number of benzene rings is 1. The molecule has 0 spiro atoms. The second-order valence-electron chi connectivity index (χ2n) is 3.29. The van der Waals surface area contributed by atoms with Crippen molar-refractivity contribution in [3.63, 3.8) is 0 Å². The third-order valence-electron chi connectivity index (χ3n) is 2.39. The van der Waals surface area contributed by atoms with Gasteiger partial charge >= 0.3 is 0 Å². The Balaban J connectivity index is 2.45. The SMILES string of the molecule is CCN1Cc2c(ccc(F)c2C(F)F)S1. The van der Waals surface area contributed by atoms with Crippen LogP contribution < -0.4 is 0 Å². The Labute approximate surface area is 90.4 Å². The van der Waals surface area contributed by atoms with Gasteiger partial charge in [0.2, 0.25) is 0 Å². The van der Waals surface area contributed by atoms with Crippen LogP contribution >= 0.6 is 11.9 Å². The normalized spacial score (nSPS) is 16.1. The van der Waals surface area contributed by atoms with E-state index in [1.165, 1.54) is 11.9 Å². The first-order valence-electron chi connectivity index (χ1n) is 4.65. The van der Waals surface area contributed by atoms with Gasteiger partial charge < -0.3 is 0 Å². The van der Waals surface area contributed by atoms with Crippen LogP contribution in [-0.2, 0) is 6.54 Å². The third kappa shape index (κ3) is 1.86. The van der Waals surface area contributed by atoms with E-state index in [2.05, 4.69) is 0 Å². The van der Waals surface area contributed by atoms with Gasteiger partial charge in [-0.05, 0) is 29.6 Å². The van der Waals surface area contributed by atoms with Crippen molar-refractivity contribution >= 4 is 11.9 Å². The van der Waals surface area contributed by atoms with Crippen LogP contribution in [0.3, 0.4) is 0 Å². The molecule has 1 aliphatic heterocycles. The van der Waals surface area contributed by atoms with E-state index in [4.69, 9.17) is 0 Å². The minimum Gasteiger partial charge on any atom is -0.242 e. The first-order chi connectivity index (χ1) is 7.13. The fraction of sp³-hybridized carbons (Fsp3) is 0.400. The molecule has 0 fully saturated rings. The number of halogens is 3. The summed E-state index contributed by atoms with van der Waals surface area (Å²) in [6.45, 7) is 3.09. The predicted octanol–water partition coefficient (Wildman–Crippen LogP) is 3.61. The standard InChI is InChI=1S/C10H10F3NS/c1-2-14-5-6-8(15-14)4-3-7(11)9(6)10(12)13/h3-4,10H,2,5H2,1H3. The number of fused-ring (bicyclic) bond motifs is 1. The zero-order valence-corrected chi connectivity index (χ0v) is 8.95. The Morgan fingerprint density at radius 3 is 2.80 bits per heavy atom. The number of nitrogens with zero attached hydrogens (tertiary/aromatic N) is 1. The van der Waals surface area contributed by atoms with Crippen LogP contribution in [0.1, 0.15) is 24.5 Å². The molecule has 1 aliphatic rings. The van der Waals surface area contributed by atoms with E-state index in [1.807, 2.05) is 11.2 Å². The molecule has 0 amide bonds. The van der Waals surface area contributed by atoms with E-state index in [0.717, 1.165) is 17.5 Å². The number of hydrogen-bond acceptors (Lipinski definition) is 2. The fourth-order valence-corrected chi connectivity index (χ4v) is 2.64. The molecule has 0 aliphatic carbocycles. The van der Waals surface area contributed by atoms with E-state index >= 15 is 0 Å². The molecule has 5 heteroatoms. The summed E-state index contributed by atoms with van der Waals surface area (Å²) < 4.78 is 40.4. The maximum atomic E-state index is 13.2. The van der Waals surface area contributed by atoms with Crippen molar-refractivity contribution < 1.29 is 13.2 Å². The largest absolute Gasteiger partial charge is 0.267 e. The number of alkyl halides is 2. The van der Waals surface area contributed by atoms with Gasteiger partial charge in [-0.1, -0.05) is 6.92 Å². The first kappa shape index (κ1) is 10.8. The van der Waals surface area contributed by atoms with Gasteiger partial charge in [0.15, 0.2) is 0 Å². The number of hydrogen-bond donors (Lipinski definition) is 0. The van der Waals surface area contributed by atoms with Crippen LogP contribution in [0.4, 0.5) is 13.2 Å². The smallest absolute Gasteiger partial charge is 0.242 e. The summed E-state index contributed by atoms with van der Waals surface area (Å²) >= 11 is 1.41. The van der Waals surface area contributed by atoms with Crippen molar-refractivity contribution in [2.24, 2.45) is 0 Å². The lowest BCUT2D eigenvalue weighted by Crippen LogP contribution is -2.09. The highest BCUT2D eigenvalue weighted by Gasteiger charge is 2.27. The van der Waals surface area contributed by atoms with Crippen LogP contribution in [0.2, 0.25) is 0 Å². The van der Waals surface area contributed by atoms with Crippen LogP contribution in [0, 0.1) is 5.82 Å². The Morgan fingerprint density at radius 1 is 1.47 bits per heavy atom. The Hall–Kier alpha value is -0.680. The second kappa shape index (κ2) is 4.06. The van der Waals surface area contributed by atoms with Gasteiger partial charge in [0, 0.05) is 18.0 Å². The van der Waals surface area contributed by atoms with E-state index in [9.17, 15) is 13.2 Å². The summed E-state index contributed by atoms with van der Waals surface area (Å²) in [6, 6.07) is 2.68. The van der Waals surface area contributed by atoms with E-state index < -0.39 is 17.8 Å². The summed E-state index contributed by atoms with van der Waals surface area (Å²) in [4.78, 5) is 0.744. The molecule has 15 heavy (non-hydrogen) atoms. The van der Waals surface area contributed by atoms with Crippen LogP contribution in [0.15, 0.2) is 17.0 Å². The molecular formula is C10H10F3NS. The molecule has 1 heterocycles. The third-order valence-corrected chi connectivity index (χ3v) is 3.62. The zero-order valence-electron chi connectivity index (χ0n) is 8.14. The van der Waals surface area contributed by atoms with Crippen molar-refractivity contribution in [2.45, 2.75) is 24.8 Å². The van der Waals surface area contributed by atoms with Gasteiger partial charge in [-0.15, -0.1) is 0 Å². The summed E-state index contributed by atoms with van der Waals surface area (Å²) in [7, 11) is 0. The molecule has 0 saturated heterocycles. The summed E-state index contributed by atoms with van der Waals surface area (Å²) in [6.07, 6.45) is -2.74. The average molecular weight is 233 g/mol. The van der Waals surface area contributed by atoms with Crippen molar-refractivity contribution in [1.29, 1.82) is 0 Å². The van der Waals surface area contributed by atoms with E-state index in [0.29, 0.717) is 12.1 Å². The highest BCUT2D eigenvalue weighted by atomic mass is 32.2. The van der Waals surface area contributed by atoms with Crippen LogP contribution in [0.5, 0.6) is 0 Å². The fourth-order valence-electron chi connectivity index (χ4n) is 1.62. The molecule has 1 aromatic rings. The maximum absolute atomic E-state index is 13.2. The van der Waals surface area contributed by atoms with Crippen molar-refractivity contribution in [3.05, 3.63) is 29.1 Å². The zero-order chi connectivity index (χ0) is 11.0. The van der Waals surface area contributed by atoms with Crippen LogP contribution in [0.25, 0.3) is 0 Å². The summed E-state index contributed by atoms with van der Waals surface area (Å²) in [5, 5.41) is 0. The molecule has 0 bridgehead atoms. The lowest BCUT2D eigenvalue weighted by molar-refractivity contribution is 0.144.